The summed E-state index contributed by atoms with van der Waals surface area (Å²) in [4.78, 5) is 117. The molecule has 3 fully saturated rings. The quantitative estimate of drug-likeness (QED) is 0.0515. The largest absolute Gasteiger partial charge is 0.488 e. The number of ether oxygens (including phenoxy) is 2. The molecule has 0 radical (unpaired) electrons. The Morgan fingerprint density at radius 2 is 0.969 bits per heavy atom. The molecule has 0 bridgehead atoms. The van der Waals surface area contributed by atoms with Gasteiger partial charge in [0.1, 0.15) is 45.8 Å². The maximum absolute atomic E-state index is 12.3. The fourth-order valence-corrected chi connectivity index (χ4v) is 19.6. The van der Waals surface area contributed by atoms with Gasteiger partial charge in [-0.3, -0.25) is 42.8 Å². The van der Waals surface area contributed by atoms with Gasteiger partial charge in [0, 0.05) is 152 Å². The van der Waals surface area contributed by atoms with Gasteiger partial charge in [-0.25, -0.2) is 59.8 Å². The fourth-order valence-electron chi connectivity index (χ4n) is 13.7. The Balaban J connectivity index is 0.000000173. The lowest BCUT2D eigenvalue weighted by molar-refractivity contribution is -0.127. The van der Waals surface area contributed by atoms with Crippen molar-refractivity contribution in [2.24, 2.45) is 0 Å². The summed E-state index contributed by atoms with van der Waals surface area (Å²) in [6, 6.07) is 12.1. The van der Waals surface area contributed by atoms with E-state index in [0.717, 1.165) is 142 Å². The van der Waals surface area contributed by atoms with Gasteiger partial charge in [0.25, 0.3) is 16.7 Å². The lowest BCUT2D eigenvalue weighted by Crippen LogP contribution is -2.34. The number of hydrogen-bond acceptors (Lipinski definition) is 31. The van der Waals surface area contributed by atoms with Crippen molar-refractivity contribution in [3.63, 3.8) is 0 Å². The van der Waals surface area contributed by atoms with E-state index in [1.165, 1.54) is 47.3 Å². The SMILES string of the molecule is C#Cc1cncc(OC(C)(C)C)c1.CC(C)(C)Sc1cnc(N)nc1.CC(C)(C)Sc1cnc2c(N)nc(CN3CCCCC3)nc2c1.CC(C)(C)Sc1cnc2c(c1)ncc(=O)n2C1CCNCC1.CC(C)(C)Sc1cnc2c(c1)ncc(=O)n2CCCN1CCCC1=O.CC(C)(C)Sc1cnc2c(c1)ncc(=O)n2CCO.CN1CCOc2cc(SC(C)(C)C)cnc21. The first kappa shape index (κ1) is 104. The number of amides is 1. The number of rotatable bonds is 16. The van der Waals surface area contributed by atoms with Crippen molar-refractivity contribution in [1.82, 2.24) is 93.6 Å². The van der Waals surface area contributed by atoms with Crippen molar-refractivity contribution >= 4 is 139 Å². The summed E-state index contributed by atoms with van der Waals surface area (Å²) in [6.45, 7) is 53.7. The van der Waals surface area contributed by atoms with Gasteiger partial charge in [0.15, 0.2) is 34.3 Å². The lowest BCUT2D eigenvalue weighted by atomic mass is 10.1. The van der Waals surface area contributed by atoms with E-state index >= 15 is 0 Å². The van der Waals surface area contributed by atoms with E-state index in [0.29, 0.717) is 65.0 Å². The summed E-state index contributed by atoms with van der Waals surface area (Å²) in [7, 11) is 2.05. The third-order valence-electron chi connectivity index (χ3n) is 18.6. The monoisotopic (exact) mass is 1880 g/mol. The molecule has 0 aliphatic carbocycles. The van der Waals surface area contributed by atoms with Crippen LogP contribution in [-0.2, 0) is 24.4 Å². The minimum Gasteiger partial charge on any atom is -0.488 e. The number of terminal acetylenes is 1. The number of likely N-dealkylation sites (N-methyl/N-ethyl adjacent to an activating group) is 1. The zero-order chi connectivity index (χ0) is 95.1. The smallest absolute Gasteiger partial charge is 0.270 e. The zero-order valence-corrected chi connectivity index (χ0v) is 84.6. The molecule has 0 unspecified atom stereocenters. The number of fused-ring (bicyclic) bond motifs is 5. The van der Waals surface area contributed by atoms with Crippen LogP contribution in [0.4, 0.5) is 17.6 Å². The summed E-state index contributed by atoms with van der Waals surface area (Å²) in [5.41, 5.74) is 17.1. The predicted octanol–water partition coefficient (Wildman–Crippen LogP) is 17.4. The first-order chi connectivity index (χ1) is 61.0. The molecule has 700 valence electrons. The molecular weight excluding hydrogens is 1750 g/mol. The Labute approximate surface area is 791 Å². The number of aliphatic hydroxyl groups is 1. The van der Waals surface area contributed by atoms with Crippen LogP contribution in [0.25, 0.3) is 44.5 Å². The maximum Gasteiger partial charge on any atom is 0.270 e. The Kier molecular flexibility index (Phi) is 37.7. The summed E-state index contributed by atoms with van der Waals surface area (Å²) < 4.78 is 17.0. The molecular formula is C95H132N22O7S6. The number of aryl methyl sites for hydroxylation is 1. The van der Waals surface area contributed by atoms with Crippen LogP contribution in [0.5, 0.6) is 11.5 Å². The zero-order valence-electron chi connectivity index (χ0n) is 79.7. The Hall–Kier alpha value is -9.25. The Morgan fingerprint density at radius 3 is 1.47 bits per heavy atom. The molecule has 6 N–H and O–H groups in total. The second-order valence-corrected chi connectivity index (χ2v) is 49.9. The van der Waals surface area contributed by atoms with Gasteiger partial charge in [-0.05, 0) is 122 Å². The number of nitrogen functional groups attached to an aromatic ring is 2. The normalized spacial score (nSPS) is 14.6. The number of likely N-dealkylation sites (tertiary alicyclic amines) is 2. The first-order valence-electron chi connectivity index (χ1n) is 44.0. The van der Waals surface area contributed by atoms with Crippen molar-refractivity contribution in [3.05, 3.63) is 153 Å². The van der Waals surface area contributed by atoms with Gasteiger partial charge < -0.3 is 41.2 Å². The molecule has 11 aromatic rings. The van der Waals surface area contributed by atoms with Gasteiger partial charge in [0.05, 0.1) is 56.5 Å². The van der Waals surface area contributed by atoms with E-state index in [1.54, 1.807) is 107 Å². The molecule has 29 nitrogen and oxygen atoms in total. The molecule has 0 spiro atoms. The number of nitrogens with zero attached hydrogens (tertiary/aromatic N) is 19. The number of piperidine rings is 2. The van der Waals surface area contributed by atoms with Crippen molar-refractivity contribution in [3.8, 4) is 23.8 Å². The van der Waals surface area contributed by atoms with Crippen LogP contribution in [0, 0.1) is 12.3 Å². The molecule has 0 saturated carbocycles. The van der Waals surface area contributed by atoms with Gasteiger partial charge in [-0.15, -0.1) is 77.0 Å². The van der Waals surface area contributed by atoms with E-state index in [2.05, 4.69) is 218 Å². The number of aromatic nitrogens is 16. The summed E-state index contributed by atoms with van der Waals surface area (Å²) >= 11 is 10.5. The number of nitrogens with one attached hydrogen (secondary N) is 1. The van der Waals surface area contributed by atoms with Crippen molar-refractivity contribution in [1.29, 1.82) is 0 Å². The number of anilines is 3. The maximum atomic E-state index is 12.3. The highest BCUT2D eigenvalue weighted by molar-refractivity contribution is 8.01. The van der Waals surface area contributed by atoms with E-state index in [-0.39, 0.29) is 75.9 Å². The molecule has 11 aromatic heterocycles. The average Bonchev–Trinajstić information content (AvgIpc) is 0.787. The van der Waals surface area contributed by atoms with Crippen LogP contribution in [0.3, 0.4) is 0 Å². The molecule has 4 aliphatic heterocycles. The molecule has 0 atom stereocenters. The number of pyridine rings is 6. The molecule has 0 aromatic carbocycles. The van der Waals surface area contributed by atoms with Gasteiger partial charge in [0.2, 0.25) is 11.9 Å². The summed E-state index contributed by atoms with van der Waals surface area (Å²) in [5, 5.41) is 12.3. The predicted molar refractivity (Wildman–Crippen MR) is 537 cm³/mol. The number of aliphatic hydroxyl groups excluding tert-OH is 1. The van der Waals surface area contributed by atoms with Crippen LogP contribution < -0.4 is 47.8 Å². The number of carbonyl (C=O) groups excluding carboxylic acids is 1. The van der Waals surface area contributed by atoms with Gasteiger partial charge in [-0.2, -0.15) is 0 Å². The van der Waals surface area contributed by atoms with Crippen LogP contribution in [0.1, 0.15) is 214 Å². The van der Waals surface area contributed by atoms with Crippen LogP contribution >= 0.6 is 70.6 Å². The second-order valence-electron chi connectivity index (χ2n) is 38.5. The summed E-state index contributed by atoms with van der Waals surface area (Å²) in [5.74, 6) is 6.90. The highest BCUT2D eigenvalue weighted by Crippen LogP contribution is 2.40. The Bertz CT molecular complexity index is 5820. The van der Waals surface area contributed by atoms with E-state index in [1.807, 2.05) is 85.8 Å². The Morgan fingerprint density at radius 1 is 0.500 bits per heavy atom. The molecule has 15 rings (SSSR count). The topological polar surface area (TPSA) is 363 Å². The molecule has 130 heavy (non-hydrogen) atoms. The minimum absolute atomic E-state index is 0.0527. The van der Waals surface area contributed by atoms with Crippen molar-refractivity contribution in [2.75, 3.05) is 82.4 Å². The minimum atomic E-state index is -0.245. The average molecular weight is 1890 g/mol. The number of nitrogens with two attached hydrogens (primary N) is 2. The highest BCUT2D eigenvalue weighted by Gasteiger charge is 2.26. The third-order valence-corrected chi connectivity index (χ3v) is 25.1. The van der Waals surface area contributed by atoms with Crippen LogP contribution in [0.15, 0.2) is 155 Å². The van der Waals surface area contributed by atoms with Crippen molar-refractivity contribution < 1.29 is 19.4 Å². The van der Waals surface area contributed by atoms with E-state index in [9.17, 15) is 19.2 Å². The van der Waals surface area contributed by atoms with Crippen LogP contribution in [0.2, 0.25) is 0 Å². The van der Waals surface area contributed by atoms with Gasteiger partial charge in [-0.1, -0.05) is 137 Å². The van der Waals surface area contributed by atoms with E-state index in [4.69, 9.17) is 37.5 Å². The molecule has 35 heteroatoms. The number of thioether (sulfide) groups is 6. The highest BCUT2D eigenvalue weighted by atomic mass is 32.2. The third kappa shape index (κ3) is 35.0. The molecule has 15 heterocycles. The number of carbonyl (C=O) groups is 1. The molecule has 4 aliphatic rings. The second kappa shape index (κ2) is 46.9. The lowest BCUT2D eigenvalue weighted by Gasteiger charge is -2.27. The molecule has 3 saturated heterocycles. The van der Waals surface area contributed by atoms with Crippen molar-refractivity contribution in [2.45, 2.75) is 286 Å². The summed E-state index contributed by atoms with van der Waals surface area (Å²) in [6.07, 6.45) is 33.4. The van der Waals surface area contributed by atoms with Crippen LogP contribution in [-0.4, -0.2) is 199 Å². The van der Waals surface area contributed by atoms with Gasteiger partial charge >= 0.3 is 0 Å². The van der Waals surface area contributed by atoms with E-state index < -0.39 is 0 Å². The first-order valence-corrected chi connectivity index (χ1v) is 48.9. The fraction of sp³-hybridized carbons (Fsp3) is 0.526. The molecule has 1 amide bonds. The standard InChI is InChI=1S/C18H24N4O2S.C17H25N5S.C16H22N4OS.C13H17N3O2S.C12H18N2OS.C11H13NO.C8H13N3S/c1-18(2,3)25-13-10-14-17(20-11-13)22(16(24)12-19-14)9-5-8-21-7-4-6-15(21)23;1-17(2,3)23-12-9-13-15(19-10-12)16(18)21-14(20-13)11-22-7-5-4-6-8-22;1-16(2,3)22-12-8-13-15(19-9-12)20(14(21)10-18-13)11-4-6-17-7-5-11;1-13(2,3)19-9-6-10-12(15-7-9)16(4-5-17)11(18)8-14-10;1-12(2,3)16-9-7-10-11(13-8-9)14(4)5-6-15-10;1-5-9-6-10(8-12-7-9)13-11(2,3)4;1-8(2,3)12-6-4-10-7(9)11-5-6/h10-12H,4-9H2,1-3H3;9-10H,4-8,11H2,1-3H3,(H2,18,20,21);8-11,17H,4-7H2,1-3H3;6-8,17H,4-5H2,1-3H3;7-8H,5-6H2,1-4H3;1,6-8H,2-4H3;4-5H,1-3H3,(H2,9,10,11). The number of hydrogen-bond donors (Lipinski definition) is 4.